The maximum absolute atomic E-state index is 6.90. The van der Waals surface area contributed by atoms with Crippen molar-refractivity contribution in [1.29, 1.82) is 0 Å². The van der Waals surface area contributed by atoms with Gasteiger partial charge in [-0.25, -0.2) is 0 Å². The Morgan fingerprint density at radius 1 is 0.319 bits per heavy atom. The van der Waals surface area contributed by atoms with Crippen LogP contribution in [-0.2, 0) is 5.41 Å². The van der Waals surface area contributed by atoms with E-state index in [9.17, 15) is 0 Å². The second kappa shape index (κ2) is 16.8. The van der Waals surface area contributed by atoms with Gasteiger partial charge >= 0.3 is 0 Å². The molecule has 72 heavy (non-hydrogen) atoms. The van der Waals surface area contributed by atoms with Gasteiger partial charge in [0.2, 0.25) is 0 Å². The lowest BCUT2D eigenvalue weighted by atomic mass is 9.63. The van der Waals surface area contributed by atoms with Gasteiger partial charge in [-0.3, -0.25) is 0 Å². The van der Waals surface area contributed by atoms with Crippen LogP contribution >= 0.6 is 0 Å². The third-order valence-electron chi connectivity index (χ3n) is 15.5. The van der Waals surface area contributed by atoms with Gasteiger partial charge < -0.3 is 9.64 Å². The van der Waals surface area contributed by atoms with Crippen LogP contribution in [0.3, 0.4) is 0 Å². The fraction of sp³-hybridized carbons (Fsp3) is 0.0145. The van der Waals surface area contributed by atoms with Crippen LogP contribution in [0, 0.1) is 0 Å². The Balaban J connectivity index is 1.05. The van der Waals surface area contributed by atoms with E-state index in [0.717, 1.165) is 39.7 Å². The topological polar surface area (TPSA) is 12.5 Å². The van der Waals surface area contributed by atoms with Gasteiger partial charge in [0.05, 0.1) is 16.8 Å². The van der Waals surface area contributed by atoms with Gasteiger partial charge in [-0.1, -0.05) is 243 Å². The Morgan fingerprint density at radius 3 is 1.51 bits per heavy atom. The van der Waals surface area contributed by atoms with E-state index < -0.39 is 13.5 Å². The molecule has 2 aliphatic rings. The van der Waals surface area contributed by atoms with E-state index in [4.69, 9.17) is 4.74 Å². The first kappa shape index (κ1) is 41.9. The fourth-order valence-electron chi connectivity index (χ4n) is 12.5. The molecule has 0 aliphatic carbocycles. The van der Waals surface area contributed by atoms with Crippen LogP contribution in [0.25, 0.3) is 43.8 Å². The molecule has 2 heterocycles. The molecule has 0 aromatic heterocycles. The maximum atomic E-state index is 6.90. The van der Waals surface area contributed by atoms with E-state index in [1.54, 1.807) is 0 Å². The van der Waals surface area contributed by atoms with Gasteiger partial charge in [-0.05, 0) is 107 Å². The average molecular weight is 934 g/mol. The minimum atomic E-state index is -3.00. The summed E-state index contributed by atoms with van der Waals surface area (Å²) in [6, 6.07) is 106. The molecule has 0 atom stereocenters. The molecule has 3 heteroatoms. The fourth-order valence-corrected chi connectivity index (χ4v) is 17.8. The zero-order chi connectivity index (χ0) is 47.6. The second-order valence-electron chi connectivity index (χ2n) is 19.1. The first-order valence-electron chi connectivity index (χ1n) is 24.9. The Labute approximate surface area is 421 Å². The van der Waals surface area contributed by atoms with Crippen LogP contribution in [0.1, 0.15) is 22.3 Å². The molecule has 12 aromatic carbocycles. The quantitative estimate of drug-likeness (QED) is 0.148. The minimum Gasteiger partial charge on any atom is -0.457 e. The van der Waals surface area contributed by atoms with Crippen molar-refractivity contribution in [2.24, 2.45) is 0 Å². The highest BCUT2D eigenvalue weighted by Crippen LogP contribution is 2.57. The molecule has 2 aliphatic heterocycles. The van der Waals surface area contributed by atoms with Crippen LogP contribution < -0.4 is 30.4 Å². The number of hydrogen-bond donors (Lipinski definition) is 0. The molecule has 0 unspecified atom stereocenters. The zero-order valence-corrected chi connectivity index (χ0v) is 40.5. The summed E-state index contributed by atoms with van der Waals surface area (Å²) in [6.07, 6.45) is 0. The molecule has 0 radical (unpaired) electrons. The van der Waals surface area contributed by atoms with Crippen LogP contribution in [0.15, 0.2) is 285 Å². The van der Waals surface area contributed by atoms with Crippen LogP contribution in [0.5, 0.6) is 11.5 Å². The highest BCUT2D eigenvalue weighted by Gasteiger charge is 2.57. The summed E-state index contributed by atoms with van der Waals surface area (Å²) >= 11 is 0. The molecule has 0 N–H and O–H groups in total. The van der Waals surface area contributed by atoms with Gasteiger partial charge in [-0.15, -0.1) is 0 Å². The third kappa shape index (κ3) is 6.21. The van der Waals surface area contributed by atoms with Gasteiger partial charge in [0.1, 0.15) is 11.5 Å². The van der Waals surface area contributed by atoms with Crippen molar-refractivity contribution in [3.8, 4) is 33.8 Å². The number of ether oxygens (including phenoxy) is 1. The van der Waals surface area contributed by atoms with E-state index >= 15 is 0 Å². The van der Waals surface area contributed by atoms with E-state index in [1.807, 2.05) is 0 Å². The van der Waals surface area contributed by atoms with Crippen molar-refractivity contribution < 1.29 is 4.74 Å². The summed E-state index contributed by atoms with van der Waals surface area (Å²) in [6.45, 7) is 0. The monoisotopic (exact) mass is 933 g/mol. The smallest absolute Gasteiger partial charge is 0.180 e. The number of rotatable bonds is 7. The first-order valence-corrected chi connectivity index (χ1v) is 26.9. The Bertz CT molecular complexity index is 3930. The Morgan fingerprint density at radius 2 is 0.819 bits per heavy atom. The first-order chi connectivity index (χ1) is 35.7. The largest absolute Gasteiger partial charge is 0.457 e. The Kier molecular flexibility index (Phi) is 9.80. The van der Waals surface area contributed by atoms with E-state index in [0.29, 0.717) is 0 Å². The van der Waals surface area contributed by atoms with Crippen molar-refractivity contribution in [2.75, 3.05) is 4.90 Å². The lowest BCUT2D eigenvalue weighted by Gasteiger charge is -2.51. The normalized spacial score (nSPS) is 13.6. The molecule has 14 rings (SSSR count). The van der Waals surface area contributed by atoms with Gasteiger partial charge in [0.25, 0.3) is 0 Å². The standard InChI is InChI=1S/C69H47NOSi/c1-4-21-48(22-5-1)49-39-42-52(43-40-49)70(63-35-20-24-50-23-10-11-29-56(50)63)64-45-44-55(57-30-12-13-31-58(57)64)51-41-46-68-62(47-51)69(59-32-14-17-36-65(59)71-66-37-18-15-33-60(66)69)61-34-16-19-38-67(61)72(68,53-25-6-2-7-26-53)54-27-8-3-9-28-54/h1-47H. The minimum absolute atomic E-state index is 0.694. The molecule has 0 fully saturated rings. The lowest BCUT2D eigenvalue weighted by Crippen LogP contribution is -2.79. The SMILES string of the molecule is c1ccc(-c2ccc(N(c3cccc4ccccc34)c3ccc(-c4ccc5c(c4)C4(c6ccccc6Oc6ccccc64)c4ccccc4[Si]5(c4ccccc4)c4ccccc4)c4ccccc34)cc2)cc1. The van der Waals surface area contributed by atoms with Crippen molar-refractivity contribution in [3.63, 3.8) is 0 Å². The van der Waals surface area contributed by atoms with Crippen molar-refractivity contribution in [2.45, 2.75) is 5.41 Å². The summed E-state index contributed by atoms with van der Waals surface area (Å²) in [5.41, 5.74) is 12.3. The average Bonchev–Trinajstić information content (AvgIpc) is 3.47. The summed E-state index contributed by atoms with van der Waals surface area (Å²) in [5, 5.41) is 10.3. The molecule has 338 valence electrons. The molecule has 12 aromatic rings. The summed E-state index contributed by atoms with van der Waals surface area (Å²) in [4.78, 5) is 2.46. The molecule has 0 saturated heterocycles. The Hall–Kier alpha value is -9.02. The van der Waals surface area contributed by atoms with Gasteiger partial charge in [0.15, 0.2) is 8.07 Å². The number of benzene rings is 12. The predicted octanol–water partition coefficient (Wildman–Crippen LogP) is 15.0. The molecule has 0 amide bonds. The third-order valence-corrected chi connectivity index (χ3v) is 20.4. The summed E-state index contributed by atoms with van der Waals surface area (Å²) in [7, 11) is -3.00. The zero-order valence-electron chi connectivity index (χ0n) is 39.5. The van der Waals surface area contributed by atoms with E-state index in [2.05, 4.69) is 290 Å². The second-order valence-corrected chi connectivity index (χ2v) is 22.8. The summed E-state index contributed by atoms with van der Waals surface area (Å²) < 4.78 is 6.90. The number of para-hydroxylation sites is 2. The number of nitrogens with zero attached hydrogens (tertiary/aromatic N) is 1. The van der Waals surface area contributed by atoms with Crippen molar-refractivity contribution in [1.82, 2.24) is 0 Å². The molecule has 1 spiro atoms. The lowest BCUT2D eigenvalue weighted by molar-refractivity contribution is 0.435. The van der Waals surface area contributed by atoms with Crippen LogP contribution in [-0.4, -0.2) is 8.07 Å². The van der Waals surface area contributed by atoms with E-state index in [1.165, 1.54) is 75.7 Å². The number of hydrogen-bond acceptors (Lipinski definition) is 2. The molecular weight excluding hydrogens is 887 g/mol. The van der Waals surface area contributed by atoms with E-state index in [-0.39, 0.29) is 0 Å². The molecule has 2 nitrogen and oxygen atoms in total. The van der Waals surface area contributed by atoms with Crippen molar-refractivity contribution in [3.05, 3.63) is 307 Å². The number of fused-ring (bicyclic) bond motifs is 10. The highest BCUT2D eigenvalue weighted by atomic mass is 28.3. The van der Waals surface area contributed by atoms with Crippen LogP contribution in [0.4, 0.5) is 17.1 Å². The molecular formula is C69H47NOSi. The number of anilines is 3. The summed E-state index contributed by atoms with van der Waals surface area (Å²) in [5.74, 6) is 1.77. The van der Waals surface area contributed by atoms with Crippen LogP contribution in [0.2, 0.25) is 0 Å². The molecule has 0 saturated carbocycles. The highest BCUT2D eigenvalue weighted by molar-refractivity contribution is 7.20. The van der Waals surface area contributed by atoms with Gasteiger partial charge in [0, 0.05) is 27.6 Å². The van der Waals surface area contributed by atoms with Crippen molar-refractivity contribution >= 4 is 67.4 Å². The predicted molar refractivity (Wildman–Crippen MR) is 303 cm³/mol. The molecule has 0 bridgehead atoms. The van der Waals surface area contributed by atoms with Gasteiger partial charge in [-0.2, -0.15) is 0 Å². The maximum Gasteiger partial charge on any atom is 0.180 e.